The third kappa shape index (κ3) is 3.93. The standard InChI is InChI=1S/C14H19ClN2O2/c15-11-3-1-2-10(8-11)9-13(16)14(19)17-6-4-12(18)5-7-17/h1-3,8,12-13,18H,4-7,9,16H2. The average molecular weight is 283 g/mol. The van der Waals surface area contributed by atoms with Crippen molar-refractivity contribution in [3.63, 3.8) is 0 Å². The molecule has 0 bridgehead atoms. The van der Waals surface area contributed by atoms with Crippen molar-refractivity contribution in [3.8, 4) is 0 Å². The molecule has 1 unspecified atom stereocenters. The summed E-state index contributed by atoms with van der Waals surface area (Å²) in [6.07, 6.45) is 1.47. The van der Waals surface area contributed by atoms with Crippen molar-refractivity contribution < 1.29 is 9.90 Å². The van der Waals surface area contributed by atoms with E-state index < -0.39 is 6.04 Å². The highest BCUT2D eigenvalue weighted by molar-refractivity contribution is 6.30. The lowest BCUT2D eigenvalue weighted by atomic mass is 10.0. The second-order valence-electron chi connectivity index (χ2n) is 5.00. The summed E-state index contributed by atoms with van der Waals surface area (Å²) in [5.74, 6) is -0.0492. The molecule has 0 saturated carbocycles. The fourth-order valence-electron chi connectivity index (χ4n) is 2.33. The summed E-state index contributed by atoms with van der Waals surface area (Å²) < 4.78 is 0. The first-order valence-electron chi connectivity index (χ1n) is 6.53. The predicted octanol–water partition coefficient (Wildman–Crippen LogP) is 1.19. The Hall–Kier alpha value is -1.10. The minimum absolute atomic E-state index is 0.0492. The van der Waals surface area contributed by atoms with Crippen LogP contribution >= 0.6 is 11.6 Å². The number of hydrogen-bond acceptors (Lipinski definition) is 3. The van der Waals surface area contributed by atoms with Crippen LogP contribution in [0.1, 0.15) is 18.4 Å². The van der Waals surface area contributed by atoms with E-state index in [-0.39, 0.29) is 12.0 Å². The molecule has 1 amide bonds. The first kappa shape index (κ1) is 14.3. The van der Waals surface area contributed by atoms with E-state index in [0.29, 0.717) is 37.4 Å². The number of rotatable bonds is 3. The topological polar surface area (TPSA) is 66.6 Å². The van der Waals surface area contributed by atoms with Crippen molar-refractivity contribution >= 4 is 17.5 Å². The number of nitrogens with two attached hydrogens (primary N) is 1. The van der Waals surface area contributed by atoms with E-state index in [4.69, 9.17) is 17.3 Å². The Morgan fingerprint density at radius 1 is 1.47 bits per heavy atom. The van der Waals surface area contributed by atoms with Crippen LogP contribution in [0.15, 0.2) is 24.3 Å². The molecule has 1 saturated heterocycles. The van der Waals surface area contributed by atoms with Gasteiger partial charge >= 0.3 is 0 Å². The number of aliphatic hydroxyl groups is 1. The van der Waals surface area contributed by atoms with E-state index in [1.165, 1.54) is 0 Å². The number of hydrogen-bond donors (Lipinski definition) is 2. The molecule has 1 atom stereocenters. The Kier molecular flexibility index (Phi) is 4.80. The zero-order valence-corrected chi connectivity index (χ0v) is 11.5. The summed E-state index contributed by atoms with van der Waals surface area (Å²) in [6, 6.07) is 6.85. The molecule has 19 heavy (non-hydrogen) atoms. The van der Waals surface area contributed by atoms with Gasteiger partial charge in [0.1, 0.15) is 0 Å². The lowest BCUT2D eigenvalue weighted by Crippen LogP contribution is -2.48. The van der Waals surface area contributed by atoms with Gasteiger partial charge in [0.15, 0.2) is 0 Å². The molecule has 4 nitrogen and oxygen atoms in total. The molecule has 3 N–H and O–H groups in total. The van der Waals surface area contributed by atoms with Gasteiger partial charge in [0, 0.05) is 18.1 Å². The van der Waals surface area contributed by atoms with Crippen LogP contribution < -0.4 is 5.73 Å². The highest BCUT2D eigenvalue weighted by atomic mass is 35.5. The van der Waals surface area contributed by atoms with Crippen LogP contribution in [-0.4, -0.2) is 41.1 Å². The number of carbonyl (C=O) groups excluding carboxylic acids is 1. The molecule has 0 spiro atoms. The summed E-state index contributed by atoms with van der Waals surface area (Å²) in [6.45, 7) is 1.17. The van der Waals surface area contributed by atoms with Gasteiger partial charge in [-0.05, 0) is 37.0 Å². The number of piperidine rings is 1. The highest BCUT2D eigenvalue weighted by Gasteiger charge is 2.25. The van der Waals surface area contributed by atoms with Crippen LogP contribution in [0.2, 0.25) is 5.02 Å². The molecule has 1 heterocycles. The molecule has 0 aliphatic carbocycles. The Morgan fingerprint density at radius 2 is 2.16 bits per heavy atom. The largest absolute Gasteiger partial charge is 0.393 e. The molecule has 0 aromatic heterocycles. The molecule has 1 aliphatic rings. The quantitative estimate of drug-likeness (QED) is 0.875. The summed E-state index contributed by atoms with van der Waals surface area (Å²) in [7, 11) is 0. The van der Waals surface area contributed by atoms with E-state index >= 15 is 0 Å². The lowest BCUT2D eigenvalue weighted by molar-refractivity contribution is -0.134. The van der Waals surface area contributed by atoms with Crippen molar-refractivity contribution in [2.24, 2.45) is 5.73 Å². The lowest BCUT2D eigenvalue weighted by Gasteiger charge is -2.31. The van der Waals surface area contributed by atoms with Crippen LogP contribution in [0, 0.1) is 0 Å². The number of aliphatic hydroxyl groups excluding tert-OH is 1. The number of likely N-dealkylation sites (tertiary alicyclic amines) is 1. The van der Waals surface area contributed by atoms with Gasteiger partial charge in [0.25, 0.3) is 0 Å². The van der Waals surface area contributed by atoms with Gasteiger partial charge in [-0.15, -0.1) is 0 Å². The smallest absolute Gasteiger partial charge is 0.239 e. The maximum atomic E-state index is 12.2. The third-order valence-corrected chi connectivity index (χ3v) is 3.67. The second kappa shape index (κ2) is 6.37. The Morgan fingerprint density at radius 3 is 2.79 bits per heavy atom. The van der Waals surface area contributed by atoms with Crippen molar-refractivity contribution in [1.82, 2.24) is 4.90 Å². The van der Waals surface area contributed by atoms with Crippen LogP contribution in [0.25, 0.3) is 0 Å². The zero-order valence-electron chi connectivity index (χ0n) is 10.8. The van der Waals surface area contributed by atoms with Crippen LogP contribution in [0.4, 0.5) is 0 Å². The monoisotopic (exact) mass is 282 g/mol. The maximum absolute atomic E-state index is 12.2. The molecule has 1 aromatic carbocycles. The fraction of sp³-hybridized carbons (Fsp3) is 0.500. The number of amides is 1. The van der Waals surface area contributed by atoms with Crippen molar-refractivity contribution in [3.05, 3.63) is 34.9 Å². The van der Waals surface area contributed by atoms with E-state index in [1.54, 1.807) is 11.0 Å². The SMILES string of the molecule is NC(Cc1cccc(Cl)c1)C(=O)N1CCC(O)CC1. The minimum atomic E-state index is -0.547. The molecule has 1 aliphatic heterocycles. The van der Waals surface area contributed by atoms with Crippen molar-refractivity contribution in [2.75, 3.05) is 13.1 Å². The zero-order chi connectivity index (χ0) is 13.8. The molecule has 1 aromatic rings. The Labute approximate surface area is 118 Å². The van der Waals surface area contributed by atoms with Crippen molar-refractivity contribution in [2.45, 2.75) is 31.4 Å². The van der Waals surface area contributed by atoms with Gasteiger partial charge in [0.05, 0.1) is 12.1 Å². The number of carbonyl (C=O) groups is 1. The summed E-state index contributed by atoms with van der Waals surface area (Å²) in [5, 5.41) is 10.1. The second-order valence-corrected chi connectivity index (χ2v) is 5.43. The van der Waals surface area contributed by atoms with Crippen LogP contribution in [-0.2, 0) is 11.2 Å². The highest BCUT2D eigenvalue weighted by Crippen LogP contribution is 2.14. The van der Waals surface area contributed by atoms with E-state index in [2.05, 4.69) is 0 Å². The molecule has 1 fully saturated rings. The molecule has 104 valence electrons. The minimum Gasteiger partial charge on any atom is -0.393 e. The average Bonchev–Trinajstić information content (AvgIpc) is 2.39. The van der Waals surface area contributed by atoms with Crippen LogP contribution in [0.3, 0.4) is 0 Å². The Balaban J connectivity index is 1.92. The van der Waals surface area contributed by atoms with Gasteiger partial charge < -0.3 is 15.7 Å². The van der Waals surface area contributed by atoms with E-state index in [0.717, 1.165) is 5.56 Å². The van der Waals surface area contributed by atoms with Gasteiger partial charge in [-0.1, -0.05) is 23.7 Å². The van der Waals surface area contributed by atoms with E-state index in [9.17, 15) is 9.90 Å². The molecular weight excluding hydrogens is 264 g/mol. The van der Waals surface area contributed by atoms with Gasteiger partial charge in [-0.3, -0.25) is 4.79 Å². The number of halogens is 1. The first-order valence-corrected chi connectivity index (χ1v) is 6.91. The molecule has 0 radical (unpaired) electrons. The molecular formula is C14H19ClN2O2. The molecule has 5 heteroatoms. The normalized spacial score (nSPS) is 18.4. The summed E-state index contributed by atoms with van der Waals surface area (Å²) in [5.41, 5.74) is 6.93. The van der Waals surface area contributed by atoms with Gasteiger partial charge in [-0.25, -0.2) is 0 Å². The first-order chi connectivity index (χ1) is 9.06. The predicted molar refractivity (Wildman–Crippen MR) is 75.0 cm³/mol. The van der Waals surface area contributed by atoms with Gasteiger partial charge in [0.2, 0.25) is 5.91 Å². The number of nitrogens with zero attached hydrogens (tertiary/aromatic N) is 1. The van der Waals surface area contributed by atoms with Crippen molar-refractivity contribution in [1.29, 1.82) is 0 Å². The van der Waals surface area contributed by atoms with Crippen LogP contribution in [0.5, 0.6) is 0 Å². The molecule has 2 rings (SSSR count). The maximum Gasteiger partial charge on any atom is 0.239 e. The van der Waals surface area contributed by atoms with E-state index in [1.807, 2.05) is 18.2 Å². The number of benzene rings is 1. The summed E-state index contributed by atoms with van der Waals surface area (Å²) in [4.78, 5) is 13.9. The third-order valence-electron chi connectivity index (χ3n) is 3.44. The fourth-order valence-corrected chi connectivity index (χ4v) is 2.54. The Bertz CT molecular complexity index is 445. The summed E-state index contributed by atoms with van der Waals surface area (Å²) >= 11 is 5.91. The van der Waals surface area contributed by atoms with Gasteiger partial charge in [-0.2, -0.15) is 0 Å².